The second-order valence-corrected chi connectivity index (χ2v) is 5.92. The average Bonchev–Trinajstić information content (AvgIpc) is 3.07. The van der Waals surface area contributed by atoms with Crippen LogP contribution in [0.25, 0.3) is 11.0 Å². The molecule has 1 aromatic heterocycles. The minimum atomic E-state index is -0.819. The van der Waals surface area contributed by atoms with Gasteiger partial charge in [0.1, 0.15) is 5.82 Å². The number of carbonyl (C=O) groups excluding carboxylic acids is 1. The SMILES string of the molecule is C[C@@H]1CN(C(=O)CCc2nc3ccccc3[nH]2)C[C@H]1C(=O)O. The predicted octanol–water partition coefficient (Wildman–Crippen LogP) is 1.67. The maximum Gasteiger partial charge on any atom is 0.308 e. The van der Waals surface area contributed by atoms with Crippen molar-refractivity contribution in [3.8, 4) is 0 Å². The Hall–Kier alpha value is -2.37. The highest BCUT2D eigenvalue weighted by Crippen LogP contribution is 2.24. The summed E-state index contributed by atoms with van der Waals surface area (Å²) in [6.45, 7) is 2.72. The first-order chi connectivity index (χ1) is 10.5. The summed E-state index contributed by atoms with van der Waals surface area (Å²) < 4.78 is 0. The summed E-state index contributed by atoms with van der Waals surface area (Å²) >= 11 is 0. The molecule has 0 aliphatic carbocycles. The molecule has 1 aliphatic rings. The van der Waals surface area contributed by atoms with Gasteiger partial charge in [0.15, 0.2) is 0 Å². The number of likely N-dealkylation sites (tertiary alicyclic amines) is 1. The van der Waals surface area contributed by atoms with Crippen LogP contribution in [0.15, 0.2) is 24.3 Å². The summed E-state index contributed by atoms with van der Waals surface area (Å²) in [6.07, 6.45) is 0.884. The van der Waals surface area contributed by atoms with Crippen LogP contribution >= 0.6 is 0 Å². The molecule has 0 radical (unpaired) electrons. The highest BCUT2D eigenvalue weighted by atomic mass is 16.4. The van der Waals surface area contributed by atoms with Gasteiger partial charge in [0.25, 0.3) is 0 Å². The number of rotatable bonds is 4. The van der Waals surface area contributed by atoms with E-state index in [0.29, 0.717) is 25.9 Å². The number of hydrogen-bond acceptors (Lipinski definition) is 3. The van der Waals surface area contributed by atoms with Gasteiger partial charge in [-0.3, -0.25) is 9.59 Å². The van der Waals surface area contributed by atoms with Gasteiger partial charge in [0.2, 0.25) is 5.91 Å². The Bertz CT molecular complexity index is 676. The Morgan fingerprint density at radius 3 is 2.82 bits per heavy atom. The highest BCUT2D eigenvalue weighted by Gasteiger charge is 2.36. The lowest BCUT2D eigenvalue weighted by molar-refractivity contribution is -0.142. The van der Waals surface area contributed by atoms with Crippen LogP contribution in [0.5, 0.6) is 0 Å². The molecule has 6 heteroatoms. The number of nitrogens with one attached hydrogen (secondary N) is 1. The number of nitrogens with zero attached hydrogens (tertiary/aromatic N) is 2. The molecule has 0 bridgehead atoms. The second-order valence-electron chi connectivity index (χ2n) is 5.92. The minimum Gasteiger partial charge on any atom is -0.481 e. The standard InChI is InChI=1S/C16H19N3O3/c1-10-8-19(9-11(10)16(21)22)15(20)7-6-14-17-12-4-2-3-5-13(12)18-14/h2-5,10-11H,6-9H2,1H3,(H,17,18)(H,21,22)/t10-,11-/m1/s1. The first kappa shape index (κ1) is 14.6. The quantitative estimate of drug-likeness (QED) is 0.899. The largest absolute Gasteiger partial charge is 0.481 e. The van der Waals surface area contributed by atoms with E-state index < -0.39 is 11.9 Å². The number of amides is 1. The third-order valence-electron chi connectivity index (χ3n) is 4.30. The Balaban J connectivity index is 1.59. The van der Waals surface area contributed by atoms with Gasteiger partial charge in [-0.15, -0.1) is 0 Å². The summed E-state index contributed by atoms with van der Waals surface area (Å²) in [5.41, 5.74) is 1.86. The van der Waals surface area contributed by atoms with Crippen LogP contribution in [0.3, 0.4) is 0 Å². The number of aromatic amines is 1. The molecule has 0 unspecified atom stereocenters. The molecule has 22 heavy (non-hydrogen) atoms. The fourth-order valence-electron chi connectivity index (χ4n) is 3.00. The zero-order valence-corrected chi connectivity index (χ0v) is 12.5. The first-order valence-electron chi connectivity index (χ1n) is 7.49. The molecular formula is C16H19N3O3. The molecule has 0 spiro atoms. The third kappa shape index (κ3) is 2.81. The predicted molar refractivity (Wildman–Crippen MR) is 81.3 cm³/mol. The molecule has 6 nitrogen and oxygen atoms in total. The summed E-state index contributed by atoms with van der Waals surface area (Å²) in [6, 6.07) is 7.74. The minimum absolute atomic E-state index is 0.00365. The second kappa shape index (κ2) is 5.79. The van der Waals surface area contributed by atoms with E-state index >= 15 is 0 Å². The van der Waals surface area contributed by atoms with E-state index in [1.54, 1.807) is 4.90 Å². The number of fused-ring (bicyclic) bond motifs is 1. The molecule has 1 amide bonds. The molecule has 2 atom stereocenters. The zero-order chi connectivity index (χ0) is 15.7. The normalized spacial score (nSPS) is 21.4. The zero-order valence-electron chi connectivity index (χ0n) is 12.5. The molecule has 1 fully saturated rings. The number of H-pyrrole nitrogens is 1. The van der Waals surface area contributed by atoms with Gasteiger partial charge in [0.05, 0.1) is 17.0 Å². The average molecular weight is 301 g/mol. The van der Waals surface area contributed by atoms with Crippen LogP contribution in [0, 0.1) is 11.8 Å². The van der Waals surface area contributed by atoms with Crippen LogP contribution in [0.4, 0.5) is 0 Å². The lowest BCUT2D eigenvalue weighted by Gasteiger charge is -2.15. The first-order valence-corrected chi connectivity index (χ1v) is 7.49. The number of carboxylic acid groups (broad SMARTS) is 1. The van der Waals surface area contributed by atoms with Crippen molar-refractivity contribution in [1.82, 2.24) is 14.9 Å². The molecule has 2 heterocycles. The van der Waals surface area contributed by atoms with Crippen molar-refractivity contribution in [1.29, 1.82) is 0 Å². The number of aromatic nitrogens is 2. The van der Waals surface area contributed by atoms with E-state index in [1.165, 1.54) is 0 Å². The van der Waals surface area contributed by atoms with Gasteiger partial charge in [-0.2, -0.15) is 0 Å². The number of aliphatic carboxylic acids is 1. The number of aryl methyl sites for hydroxylation is 1. The van der Waals surface area contributed by atoms with Crippen molar-refractivity contribution >= 4 is 22.9 Å². The summed E-state index contributed by atoms with van der Waals surface area (Å²) in [5, 5.41) is 9.12. The van der Waals surface area contributed by atoms with Gasteiger partial charge >= 0.3 is 5.97 Å². The van der Waals surface area contributed by atoms with Crippen LogP contribution < -0.4 is 0 Å². The summed E-state index contributed by atoms with van der Waals surface area (Å²) in [5.74, 6) is -0.476. The van der Waals surface area contributed by atoms with Crippen molar-refractivity contribution in [2.45, 2.75) is 19.8 Å². The topological polar surface area (TPSA) is 86.3 Å². The van der Waals surface area contributed by atoms with Gasteiger partial charge in [-0.25, -0.2) is 4.98 Å². The molecule has 3 rings (SSSR count). The number of benzene rings is 1. The molecule has 0 saturated carbocycles. The van der Waals surface area contributed by atoms with E-state index in [2.05, 4.69) is 9.97 Å². The molecular weight excluding hydrogens is 282 g/mol. The van der Waals surface area contributed by atoms with Crippen molar-refractivity contribution in [3.63, 3.8) is 0 Å². The van der Waals surface area contributed by atoms with Crippen LogP contribution in [-0.4, -0.2) is 44.9 Å². The Morgan fingerprint density at radius 2 is 2.14 bits per heavy atom. The van der Waals surface area contributed by atoms with Gasteiger partial charge in [0, 0.05) is 25.9 Å². The highest BCUT2D eigenvalue weighted by molar-refractivity contribution is 5.79. The number of para-hydroxylation sites is 2. The Kier molecular flexibility index (Phi) is 3.83. The number of carboxylic acids is 1. The summed E-state index contributed by atoms with van der Waals surface area (Å²) in [7, 11) is 0. The maximum atomic E-state index is 12.2. The van der Waals surface area contributed by atoms with E-state index in [4.69, 9.17) is 5.11 Å². The molecule has 2 N–H and O–H groups in total. The fourth-order valence-corrected chi connectivity index (χ4v) is 3.00. The van der Waals surface area contributed by atoms with Crippen LogP contribution in [0.1, 0.15) is 19.2 Å². The molecule has 1 aromatic carbocycles. The third-order valence-corrected chi connectivity index (χ3v) is 4.30. The van der Waals surface area contributed by atoms with Gasteiger partial charge in [-0.05, 0) is 18.1 Å². The lowest BCUT2D eigenvalue weighted by atomic mass is 9.99. The van der Waals surface area contributed by atoms with Crippen LogP contribution in [0.2, 0.25) is 0 Å². The van der Waals surface area contributed by atoms with E-state index in [-0.39, 0.29) is 11.8 Å². The molecule has 1 aliphatic heterocycles. The molecule has 1 saturated heterocycles. The van der Waals surface area contributed by atoms with E-state index in [1.807, 2.05) is 31.2 Å². The number of carbonyl (C=O) groups is 2. The van der Waals surface area contributed by atoms with Crippen molar-refractivity contribution in [2.75, 3.05) is 13.1 Å². The van der Waals surface area contributed by atoms with Crippen LogP contribution in [-0.2, 0) is 16.0 Å². The van der Waals surface area contributed by atoms with E-state index in [0.717, 1.165) is 16.9 Å². The van der Waals surface area contributed by atoms with Crippen molar-refractivity contribution in [2.24, 2.45) is 11.8 Å². The van der Waals surface area contributed by atoms with Gasteiger partial charge < -0.3 is 15.0 Å². The maximum absolute atomic E-state index is 12.2. The van der Waals surface area contributed by atoms with Crippen molar-refractivity contribution in [3.05, 3.63) is 30.1 Å². The monoisotopic (exact) mass is 301 g/mol. The smallest absolute Gasteiger partial charge is 0.308 e. The summed E-state index contributed by atoms with van der Waals surface area (Å²) in [4.78, 5) is 32.7. The Morgan fingerprint density at radius 1 is 1.36 bits per heavy atom. The number of imidazole rings is 1. The molecule has 2 aromatic rings. The number of hydrogen-bond donors (Lipinski definition) is 2. The lowest BCUT2D eigenvalue weighted by Crippen LogP contribution is -2.30. The van der Waals surface area contributed by atoms with Gasteiger partial charge in [-0.1, -0.05) is 19.1 Å². The van der Waals surface area contributed by atoms with E-state index in [9.17, 15) is 9.59 Å². The Labute approximate surface area is 128 Å². The van der Waals surface area contributed by atoms with Crippen molar-refractivity contribution < 1.29 is 14.7 Å². The fraction of sp³-hybridized carbons (Fsp3) is 0.438. The molecule has 116 valence electrons.